The molecule has 1 aromatic rings. The van der Waals surface area contributed by atoms with Crippen LogP contribution in [0, 0.1) is 0 Å². The Balaban J connectivity index is 2.10. The van der Waals surface area contributed by atoms with Crippen molar-refractivity contribution in [2.75, 3.05) is 31.7 Å². The van der Waals surface area contributed by atoms with Crippen molar-refractivity contribution >= 4 is 11.6 Å². The standard InChI is InChI=1S/C17H26N2O2/c1-3-21-13-7-11-17(20)19-12-6-9-15(18-2)14-8-4-5-10-16(14)19/h4-5,8,10,15,18H,3,6-7,9,11-13H2,1-2H3. The van der Waals surface area contributed by atoms with Crippen molar-refractivity contribution in [1.29, 1.82) is 0 Å². The quantitative estimate of drug-likeness (QED) is 0.819. The number of hydrogen-bond acceptors (Lipinski definition) is 3. The Morgan fingerprint density at radius 3 is 3.00 bits per heavy atom. The summed E-state index contributed by atoms with van der Waals surface area (Å²) >= 11 is 0. The number of hydrogen-bond donors (Lipinski definition) is 1. The minimum Gasteiger partial charge on any atom is -0.382 e. The van der Waals surface area contributed by atoms with Crippen LogP contribution in [0.25, 0.3) is 0 Å². The molecular weight excluding hydrogens is 264 g/mol. The summed E-state index contributed by atoms with van der Waals surface area (Å²) in [5.74, 6) is 0.207. The first-order valence-electron chi connectivity index (χ1n) is 7.92. The predicted molar refractivity (Wildman–Crippen MR) is 85.6 cm³/mol. The van der Waals surface area contributed by atoms with Gasteiger partial charge in [-0.05, 0) is 44.9 Å². The van der Waals surface area contributed by atoms with Gasteiger partial charge in [-0.1, -0.05) is 18.2 Å². The van der Waals surface area contributed by atoms with Gasteiger partial charge in [-0.3, -0.25) is 4.79 Å². The van der Waals surface area contributed by atoms with E-state index in [0.29, 0.717) is 25.7 Å². The fourth-order valence-corrected chi connectivity index (χ4v) is 2.92. The van der Waals surface area contributed by atoms with E-state index in [4.69, 9.17) is 4.74 Å². The zero-order valence-electron chi connectivity index (χ0n) is 13.1. The van der Waals surface area contributed by atoms with Gasteiger partial charge in [0.1, 0.15) is 0 Å². The summed E-state index contributed by atoms with van der Waals surface area (Å²) in [7, 11) is 1.99. The van der Waals surface area contributed by atoms with E-state index < -0.39 is 0 Å². The molecule has 4 nitrogen and oxygen atoms in total. The Labute approximate surface area is 127 Å². The minimum atomic E-state index is 0.207. The molecule has 0 radical (unpaired) electrons. The highest BCUT2D eigenvalue weighted by Gasteiger charge is 2.24. The summed E-state index contributed by atoms with van der Waals surface area (Å²) in [6.45, 7) is 4.16. The molecule has 1 atom stereocenters. The van der Waals surface area contributed by atoms with Gasteiger partial charge in [0.2, 0.25) is 5.91 Å². The Morgan fingerprint density at radius 1 is 1.43 bits per heavy atom. The van der Waals surface area contributed by atoms with Gasteiger partial charge >= 0.3 is 0 Å². The molecule has 116 valence electrons. The lowest BCUT2D eigenvalue weighted by Crippen LogP contribution is -2.31. The third kappa shape index (κ3) is 4.05. The van der Waals surface area contributed by atoms with Gasteiger partial charge in [-0.2, -0.15) is 0 Å². The molecule has 0 saturated carbocycles. The van der Waals surface area contributed by atoms with Crippen molar-refractivity contribution < 1.29 is 9.53 Å². The second-order valence-corrected chi connectivity index (χ2v) is 5.39. The number of benzene rings is 1. The maximum Gasteiger partial charge on any atom is 0.227 e. The van der Waals surface area contributed by atoms with Gasteiger partial charge in [-0.15, -0.1) is 0 Å². The maximum atomic E-state index is 12.5. The summed E-state index contributed by atoms with van der Waals surface area (Å²) in [6, 6.07) is 8.58. The summed E-state index contributed by atoms with van der Waals surface area (Å²) in [5.41, 5.74) is 2.30. The molecule has 1 aliphatic rings. The van der Waals surface area contributed by atoms with E-state index in [0.717, 1.165) is 31.5 Å². The van der Waals surface area contributed by atoms with Crippen LogP contribution in [-0.4, -0.2) is 32.7 Å². The molecule has 0 saturated heterocycles. The smallest absolute Gasteiger partial charge is 0.227 e. The molecule has 0 spiro atoms. The van der Waals surface area contributed by atoms with Crippen LogP contribution in [0.15, 0.2) is 24.3 Å². The highest BCUT2D eigenvalue weighted by atomic mass is 16.5. The monoisotopic (exact) mass is 290 g/mol. The van der Waals surface area contributed by atoms with E-state index >= 15 is 0 Å². The zero-order valence-corrected chi connectivity index (χ0v) is 13.1. The van der Waals surface area contributed by atoms with Crippen LogP contribution in [0.4, 0.5) is 5.69 Å². The molecular formula is C17H26N2O2. The van der Waals surface area contributed by atoms with Crippen molar-refractivity contribution in [3.8, 4) is 0 Å². The van der Waals surface area contributed by atoms with E-state index in [9.17, 15) is 4.79 Å². The molecule has 1 heterocycles. The highest BCUT2D eigenvalue weighted by molar-refractivity contribution is 5.94. The molecule has 0 fully saturated rings. The molecule has 21 heavy (non-hydrogen) atoms. The van der Waals surface area contributed by atoms with E-state index in [-0.39, 0.29) is 5.91 Å². The maximum absolute atomic E-state index is 12.5. The van der Waals surface area contributed by atoms with Crippen LogP contribution >= 0.6 is 0 Å². The number of carbonyl (C=O) groups is 1. The van der Waals surface area contributed by atoms with Crippen LogP contribution in [0.5, 0.6) is 0 Å². The second-order valence-electron chi connectivity index (χ2n) is 5.39. The molecule has 1 amide bonds. The summed E-state index contributed by atoms with van der Waals surface area (Å²) < 4.78 is 5.32. The fourth-order valence-electron chi connectivity index (χ4n) is 2.92. The van der Waals surface area contributed by atoms with Crippen molar-refractivity contribution in [2.45, 2.75) is 38.6 Å². The zero-order chi connectivity index (χ0) is 15.1. The number of carbonyl (C=O) groups excluding carboxylic acids is 1. The lowest BCUT2D eigenvalue weighted by Gasteiger charge is -2.24. The van der Waals surface area contributed by atoms with Crippen LogP contribution < -0.4 is 10.2 Å². The van der Waals surface area contributed by atoms with Gasteiger partial charge < -0.3 is 15.0 Å². The number of rotatable bonds is 6. The first-order chi connectivity index (χ1) is 10.3. The molecule has 1 aromatic carbocycles. The Bertz CT molecular complexity index is 462. The van der Waals surface area contributed by atoms with Gasteiger partial charge in [0, 0.05) is 37.9 Å². The third-order valence-corrected chi connectivity index (χ3v) is 4.01. The largest absolute Gasteiger partial charge is 0.382 e. The number of fused-ring (bicyclic) bond motifs is 1. The van der Waals surface area contributed by atoms with Crippen LogP contribution in [0.1, 0.15) is 44.2 Å². The molecule has 2 rings (SSSR count). The van der Waals surface area contributed by atoms with Gasteiger partial charge in [0.15, 0.2) is 0 Å². The van der Waals surface area contributed by atoms with Crippen molar-refractivity contribution in [3.63, 3.8) is 0 Å². The number of nitrogens with one attached hydrogen (secondary N) is 1. The SMILES string of the molecule is CCOCCCC(=O)N1CCCC(NC)c2ccccc21. The Morgan fingerprint density at radius 2 is 2.24 bits per heavy atom. The molecule has 4 heteroatoms. The average molecular weight is 290 g/mol. The number of anilines is 1. The third-order valence-electron chi connectivity index (χ3n) is 4.01. The summed E-state index contributed by atoms with van der Waals surface area (Å²) in [5, 5.41) is 3.36. The van der Waals surface area contributed by atoms with Gasteiger partial charge in [0.05, 0.1) is 0 Å². The number of para-hydroxylation sites is 1. The molecule has 0 aliphatic carbocycles. The first kappa shape index (κ1) is 16.0. The van der Waals surface area contributed by atoms with E-state index in [1.165, 1.54) is 5.56 Å². The van der Waals surface area contributed by atoms with E-state index in [1.54, 1.807) is 0 Å². The van der Waals surface area contributed by atoms with E-state index in [1.807, 2.05) is 31.0 Å². The topological polar surface area (TPSA) is 41.6 Å². The van der Waals surface area contributed by atoms with Crippen LogP contribution in [-0.2, 0) is 9.53 Å². The lowest BCUT2D eigenvalue weighted by atomic mass is 10.0. The lowest BCUT2D eigenvalue weighted by molar-refractivity contribution is -0.119. The molecule has 0 bridgehead atoms. The Kier molecular flexibility index (Phi) is 6.21. The van der Waals surface area contributed by atoms with Gasteiger partial charge in [-0.25, -0.2) is 0 Å². The highest BCUT2D eigenvalue weighted by Crippen LogP contribution is 2.32. The van der Waals surface area contributed by atoms with Crippen LogP contribution in [0.3, 0.4) is 0 Å². The summed E-state index contributed by atoms with van der Waals surface area (Å²) in [6.07, 6.45) is 3.44. The minimum absolute atomic E-state index is 0.207. The van der Waals surface area contributed by atoms with Gasteiger partial charge in [0.25, 0.3) is 0 Å². The summed E-state index contributed by atoms with van der Waals surface area (Å²) in [4.78, 5) is 14.5. The molecule has 1 N–H and O–H groups in total. The van der Waals surface area contributed by atoms with E-state index in [2.05, 4.69) is 17.4 Å². The fraction of sp³-hybridized carbons (Fsp3) is 0.588. The van der Waals surface area contributed by atoms with Crippen molar-refractivity contribution in [1.82, 2.24) is 5.32 Å². The molecule has 0 aromatic heterocycles. The number of amides is 1. The van der Waals surface area contributed by atoms with Crippen molar-refractivity contribution in [2.24, 2.45) is 0 Å². The Hall–Kier alpha value is -1.39. The number of ether oxygens (including phenoxy) is 1. The predicted octanol–water partition coefficient (Wildman–Crippen LogP) is 2.89. The van der Waals surface area contributed by atoms with Crippen LogP contribution in [0.2, 0.25) is 0 Å². The number of nitrogens with zero attached hydrogens (tertiary/aromatic N) is 1. The normalized spacial score (nSPS) is 18.2. The molecule has 1 aliphatic heterocycles. The van der Waals surface area contributed by atoms with Crippen molar-refractivity contribution in [3.05, 3.63) is 29.8 Å². The first-order valence-corrected chi connectivity index (χ1v) is 7.92. The molecule has 1 unspecified atom stereocenters. The average Bonchev–Trinajstić information content (AvgIpc) is 2.70. The second kappa shape index (κ2) is 8.15.